The topological polar surface area (TPSA) is 89.7 Å². The van der Waals surface area contributed by atoms with Crippen molar-refractivity contribution in [2.24, 2.45) is 11.7 Å². The van der Waals surface area contributed by atoms with Crippen molar-refractivity contribution in [3.8, 4) is 11.5 Å². The van der Waals surface area contributed by atoms with Gasteiger partial charge >= 0.3 is 0 Å². The lowest BCUT2D eigenvalue weighted by Crippen LogP contribution is -2.41. The number of pyridine rings is 1. The maximum Gasteiger partial charge on any atom is 0.231 e. The van der Waals surface area contributed by atoms with Crippen LogP contribution in [-0.4, -0.2) is 48.8 Å². The van der Waals surface area contributed by atoms with Gasteiger partial charge < -0.3 is 25.4 Å². The van der Waals surface area contributed by atoms with E-state index in [9.17, 15) is 4.79 Å². The predicted octanol–water partition coefficient (Wildman–Crippen LogP) is 2.27. The monoisotopic (exact) mass is 370 g/mol. The maximum absolute atomic E-state index is 11.4. The molecule has 3 heterocycles. The molecule has 4 rings (SSSR count). The fourth-order valence-electron chi connectivity index (χ4n) is 3.91. The fourth-order valence-corrected chi connectivity index (χ4v) is 3.91. The number of primary amides is 1. The molecule has 1 aromatic carbocycles. The minimum atomic E-state index is -0.171. The van der Waals surface area contributed by atoms with Gasteiger partial charge in [-0.3, -0.25) is 9.78 Å². The third-order valence-corrected chi connectivity index (χ3v) is 5.31. The highest BCUT2D eigenvalue weighted by atomic mass is 16.7. The van der Waals surface area contributed by atoms with E-state index in [0.29, 0.717) is 0 Å². The number of ether oxygens (including phenoxy) is 2. The van der Waals surface area contributed by atoms with Gasteiger partial charge in [-0.2, -0.15) is 0 Å². The summed E-state index contributed by atoms with van der Waals surface area (Å²) in [6, 6.07) is 6.00. The third kappa shape index (κ3) is 3.93. The second kappa shape index (κ2) is 7.60. The summed E-state index contributed by atoms with van der Waals surface area (Å²) in [7, 11) is 0. The van der Waals surface area contributed by atoms with Crippen LogP contribution in [0.15, 0.2) is 18.2 Å². The van der Waals surface area contributed by atoms with Crippen molar-refractivity contribution in [1.82, 2.24) is 9.88 Å². The number of nitrogens with zero attached hydrogens (tertiary/aromatic N) is 2. The Morgan fingerprint density at radius 1 is 1.33 bits per heavy atom. The number of fused-ring (bicyclic) bond motifs is 2. The molecule has 2 aromatic rings. The minimum absolute atomic E-state index is 0.00261. The van der Waals surface area contributed by atoms with Crippen molar-refractivity contribution in [2.75, 3.05) is 38.3 Å². The average molecular weight is 370 g/mol. The highest BCUT2D eigenvalue weighted by molar-refractivity contribution is 5.94. The first-order valence-electron chi connectivity index (χ1n) is 9.57. The van der Waals surface area contributed by atoms with Crippen molar-refractivity contribution in [3.05, 3.63) is 23.9 Å². The van der Waals surface area contributed by atoms with Crippen LogP contribution >= 0.6 is 0 Å². The van der Waals surface area contributed by atoms with E-state index in [0.717, 1.165) is 79.2 Å². The van der Waals surface area contributed by atoms with Crippen molar-refractivity contribution in [1.29, 1.82) is 0 Å². The molecule has 144 valence electrons. The van der Waals surface area contributed by atoms with Gasteiger partial charge in [-0.15, -0.1) is 0 Å². The number of aromatic nitrogens is 1. The molecule has 0 spiro atoms. The molecule has 1 unspecified atom stereocenters. The Morgan fingerprint density at radius 3 is 2.96 bits per heavy atom. The predicted molar refractivity (Wildman–Crippen MR) is 104 cm³/mol. The number of hydrogen-bond acceptors (Lipinski definition) is 6. The molecule has 1 aromatic heterocycles. The number of amides is 1. The van der Waals surface area contributed by atoms with E-state index in [4.69, 9.17) is 15.2 Å². The number of benzene rings is 1. The molecule has 1 saturated heterocycles. The molecule has 0 radical (unpaired) electrons. The number of carbonyl (C=O) groups excluding carboxylic acids is 1. The number of nitrogens with two attached hydrogens (primary N) is 1. The van der Waals surface area contributed by atoms with Crippen LogP contribution in [0.4, 0.5) is 5.69 Å². The Morgan fingerprint density at radius 2 is 2.15 bits per heavy atom. The summed E-state index contributed by atoms with van der Waals surface area (Å²) in [4.78, 5) is 18.4. The molecule has 0 saturated carbocycles. The van der Waals surface area contributed by atoms with Crippen LogP contribution in [0.25, 0.3) is 10.9 Å². The van der Waals surface area contributed by atoms with Crippen LogP contribution in [0.5, 0.6) is 11.5 Å². The second-order valence-corrected chi connectivity index (χ2v) is 7.36. The van der Waals surface area contributed by atoms with Crippen LogP contribution < -0.4 is 20.5 Å². The molecule has 0 bridgehead atoms. The van der Waals surface area contributed by atoms with Crippen molar-refractivity contribution in [3.63, 3.8) is 0 Å². The van der Waals surface area contributed by atoms with E-state index in [2.05, 4.69) is 21.3 Å². The first-order valence-corrected chi connectivity index (χ1v) is 9.57. The Bertz CT molecular complexity index is 855. The van der Waals surface area contributed by atoms with E-state index in [1.807, 2.05) is 19.1 Å². The van der Waals surface area contributed by atoms with E-state index >= 15 is 0 Å². The summed E-state index contributed by atoms with van der Waals surface area (Å²) >= 11 is 0. The van der Waals surface area contributed by atoms with Gasteiger partial charge in [0.15, 0.2) is 11.5 Å². The fraction of sp³-hybridized carbons (Fsp3) is 0.500. The van der Waals surface area contributed by atoms with Crippen LogP contribution in [0, 0.1) is 12.8 Å². The van der Waals surface area contributed by atoms with Gasteiger partial charge in [0.25, 0.3) is 0 Å². The maximum atomic E-state index is 11.4. The molecule has 7 heteroatoms. The second-order valence-electron chi connectivity index (χ2n) is 7.36. The summed E-state index contributed by atoms with van der Waals surface area (Å²) in [6.45, 7) is 5.90. The summed E-state index contributed by atoms with van der Waals surface area (Å²) < 4.78 is 11.0. The van der Waals surface area contributed by atoms with Gasteiger partial charge in [0.1, 0.15) is 0 Å². The molecule has 27 heavy (non-hydrogen) atoms. The van der Waals surface area contributed by atoms with E-state index < -0.39 is 0 Å². The van der Waals surface area contributed by atoms with E-state index in [1.54, 1.807) is 0 Å². The third-order valence-electron chi connectivity index (χ3n) is 5.31. The first kappa shape index (κ1) is 17.9. The number of aryl methyl sites for hydroxylation is 1. The summed E-state index contributed by atoms with van der Waals surface area (Å²) in [5, 5.41) is 4.58. The molecule has 1 fully saturated rings. The van der Waals surface area contributed by atoms with Crippen LogP contribution in [-0.2, 0) is 4.79 Å². The lowest BCUT2D eigenvalue weighted by molar-refractivity contribution is -0.123. The first-order chi connectivity index (χ1) is 13.1. The molecular formula is C20H26N4O3. The van der Waals surface area contributed by atoms with Gasteiger partial charge in [0, 0.05) is 35.9 Å². The SMILES string of the molecule is Cc1cc(NCCCN2CCCC(C(N)=O)C2)c2cc3c(cc2n1)OCO3. The zero-order chi connectivity index (χ0) is 18.8. The van der Waals surface area contributed by atoms with Crippen molar-refractivity contribution in [2.45, 2.75) is 26.2 Å². The normalized spacial score (nSPS) is 19.4. The zero-order valence-electron chi connectivity index (χ0n) is 15.7. The Labute approximate surface area is 158 Å². The number of piperidine rings is 1. The molecule has 2 aliphatic heterocycles. The molecule has 2 aliphatic rings. The average Bonchev–Trinajstić information content (AvgIpc) is 3.11. The number of carbonyl (C=O) groups is 1. The van der Waals surface area contributed by atoms with Crippen LogP contribution in [0.1, 0.15) is 25.0 Å². The zero-order valence-corrected chi connectivity index (χ0v) is 15.7. The van der Waals surface area contributed by atoms with Gasteiger partial charge in [0.2, 0.25) is 12.7 Å². The number of hydrogen-bond donors (Lipinski definition) is 2. The van der Waals surface area contributed by atoms with Crippen LogP contribution in [0.2, 0.25) is 0 Å². The molecule has 3 N–H and O–H groups in total. The molecule has 1 amide bonds. The molecule has 1 atom stereocenters. The van der Waals surface area contributed by atoms with Crippen LogP contribution in [0.3, 0.4) is 0 Å². The smallest absolute Gasteiger partial charge is 0.231 e. The van der Waals surface area contributed by atoms with Gasteiger partial charge in [0.05, 0.1) is 11.4 Å². The highest BCUT2D eigenvalue weighted by Gasteiger charge is 2.23. The molecule has 7 nitrogen and oxygen atoms in total. The summed E-state index contributed by atoms with van der Waals surface area (Å²) in [6.07, 6.45) is 2.96. The highest BCUT2D eigenvalue weighted by Crippen LogP contribution is 2.38. The largest absolute Gasteiger partial charge is 0.454 e. The van der Waals surface area contributed by atoms with Gasteiger partial charge in [-0.25, -0.2) is 0 Å². The molecular weight excluding hydrogens is 344 g/mol. The van der Waals surface area contributed by atoms with E-state index in [-0.39, 0.29) is 18.6 Å². The van der Waals surface area contributed by atoms with Gasteiger partial charge in [-0.1, -0.05) is 0 Å². The number of rotatable bonds is 6. The quantitative estimate of drug-likeness (QED) is 0.758. The Hall–Kier alpha value is -2.54. The summed E-state index contributed by atoms with van der Waals surface area (Å²) in [5.41, 5.74) is 8.39. The Balaban J connectivity index is 1.38. The van der Waals surface area contributed by atoms with E-state index in [1.165, 1.54) is 0 Å². The Kier molecular flexibility index (Phi) is 5.03. The summed E-state index contributed by atoms with van der Waals surface area (Å²) in [5.74, 6) is 1.35. The number of likely N-dealkylation sites (tertiary alicyclic amines) is 1. The van der Waals surface area contributed by atoms with Crippen molar-refractivity contribution < 1.29 is 14.3 Å². The lowest BCUT2D eigenvalue weighted by atomic mass is 9.97. The van der Waals surface area contributed by atoms with Gasteiger partial charge in [-0.05, 0) is 51.4 Å². The van der Waals surface area contributed by atoms with Crippen molar-refractivity contribution >= 4 is 22.5 Å². The molecule has 0 aliphatic carbocycles. The minimum Gasteiger partial charge on any atom is -0.454 e. The lowest BCUT2D eigenvalue weighted by Gasteiger charge is -2.31. The number of nitrogens with one attached hydrogen (secondary N) is 1. The number of anilines is 1. The standard InChI is InChI=1S/C20H26N4O3/c1-13-8-16(15-9-18-19(27-12-26-18)10-17(15)23-13)22-5-3-7-24-6-2-4-14(11-24)20(21)25/h8-10,14H,2-7,11-12H2,1H3,(H2,21,25)(H,22,23).